The van der Waals surface area contributed by atoms with E-state index < -0.39 is 0 Å². The second kappa shape index (κ2) is 6.76. The summed E-state index contributed by atoms with van der Waals surface area (Å²) in [7, 11) is 0. The van der Waals surface area contributed by atoms with Crippen LogP contribution in [0.2, 0.25) is 0 Å². The van der Waals surface area contributed by atoms with Crippen LogP contribution < -0.4 is 0 Å². The van der Waals surface area contributed by atoms with Crippen molar-refractivity contribution in [1.82, 2.24) is 0 Å². The summed E-state index contributed by atoms with van der Waals surface area (Å²) in [6.07, 6.45) is 5.76. The molecule has 0 unspecified atom stereocenters. The highest BCUT2D eigenvalue weighted by Crippen LogP contribution is 2.71. The van der Waals surface area contributed by atoms with E-state index in [1.807, 2.05) is 19.2 Å². The van der Waals surface area contributed by atoms with Crippen molar-refractivity contribution in [2.24, 2.45) is 21.7 Å². The highest BCUT2D eigenvalue weighted by Gasteiger charge is 2.61. The van der Waals surface area contributed by atoms with E-state index in [0.717, 1.165) is 22.6 Å². The number of fused-ring (bicyclic) bond motifs is 2. The van der Waals surface area contributed by atoms with Gasteiger partial charge in [0.2, 0.25) is 0 Å². The molecule has 148 valence electrons. The van der Waals surface area contributed by atoms with Gasteiger partial charge in [-0.3, -0.25) is 4.99 Å². The third-order valence-corrected chi connectivity index (χ3v) is 8.25. The van der Waals surface area contributed by atoms with Crippen LogP contribution in [0.4, 0.5) is 0 Å². The topological polar surface area (TPSA) is 32.6 Å². The SMILES string of the molecule is Cc1cc(C=N[C@H](C)c2ccccc2)cc([C@H]2C[C@@H]3CC[C@@]2(C)C3(C)C)c1O. The predicted octanol–water partition coefficient (Wildman–Crippen LogP) is 6.81. The highest BCUT2D eigenvalue weighted by atomic mass is 16.3. The fourth-order valence-corrected chi connectivity index (χ4v) is 5.87. The number of hydrogen-bond acceptors (Lipinski definition) is 2. The Morgan fingerprint density at radius 1 is 1.14 bits per heavy atom. The molecule has 0 amide bonds. The Hall–Kier alpha value is -2.09. The van der Waals surface area contributed by atoms with E-state index in [0.29, 0.717) is 17.1 Å². The minimum absolute atomic E-state index is 0.123. The molecule has 2 nitrogen and oxygen atoms in total. The molecule has 2 aliphatic rings. The van der Waals surface area contributed by atoms with Crippen LogP contribution in [-0.4, -0.2) is 11.3 Å². The molecule has 2 saturated carbocycles. The van der Waals surface area contributed by atoms with Gasteiger partial charge in [-0.2, -0.15) is 0 Å². The van der Waals surface area contributed by atoms with Gasteiger partial charge in [-0.15, -0.1) is 0 Å². The lowest BCUT2D eigenvalue weighted by molar-refractivity contribution is 0.133. The van der Waals surface area contributed by atoms with Gasteiger partial charge < -0.3 is 5.11 Å². The van der Waals surface area contributed by atoms with Crippen molar-refractivity contribution in [3.05, 3.63) is 64.7 Å². The Balaban J connectivity index is 1.66. The second-order valence-corrected chi connectivity index (χ2v) is 9.80. The number of benzene rings is 2. The first-order valence-electron chi connectivity index (χ1n) is 10.7. The number of aliphatic imine (C=N–C) groups is 1. The molecular weight excluding hydrogens is 342 g/mol. The molecule has 2 fully saturated rings. The van der Waals surface area contributed by atoms with Crippen molar-refractivity contribution >= 4 is 6.21 Å². The van der Waals surface area contributed by atoms with E-state index in [9.17, 15) is 5.11 Å². The molecule has 0 spiro atoms. The van der Waals surface area contributed by atoms with Gasteiger partial charge in [0.05, 0.1) is 6.04 Å². The minimum atomic E-state index is 0.123. The van der Waals surface area contributed by atoms with Crippen molar-refractivity contribution in [3.63, 3.8) is 0 Å². The summed E-state index contributed by atoms with van der Waals surface area (Å²) < 4.78 is 0. The fraction of sp³-hybridized carbons (Fsp3) is 0.500. The van der Waals surface area contributed by atoms with Gasteiger partial charge in [-0.25, -0.2) is 0 Å². The van der Waals surface area contributed by atoms with E-state index in [-0.39, 0.29) is 11.5 Å². The zero-order valence-electron chi connectivity index (χ0n) is 17.9. The van der Waals surface area contributed by atoms with E-state index in [4.69, 9.17) is 4.99 Å². The van der Waals surface area contributed by atoms with E-state index in [1.54, 1.807) is 0 Å². The molecule has 2 bridgehead atoms. The van der Waals surface area contributed by atoms with Crippen molar-refractivity contribution in [1.29, 1.82) is 0 Å². The summed E-state index contributed by atoms with van der Waals surface area (Å²) in [4.78, 5) is 4.79. The second-order valence-electron chi connectivity index (χ2n) is 9.80. The normalized spacial score (nSPS) is 29.5. The summed E-state index contributed by atoms with van der Waals surface area (Å²) >= 11 is 0. The number of phenols is 1. The lowest BCUT2D eigenvalue weighted by Gasteiger charge is -2.40. The maximum absolute atomic E-state index is 10.9. The largest absolute Gasteiger partial charge is 0.507 e. The summed E-state index contributed by atoms with van der Waals surface area (Å²) in [6, 6.07) is 14.8. The molecule has 4 rings (SSSR count). The summed E-state index contributed by atoms with van der Waals surface area (Å²) in [5, 5.41) is 10.9. The molecule has 0 aliphatic heterocycles. The summed E-state index contributed by atoms with van der Waals surface area (Å²) in [5.74, 6) is 1.68. The van der Waals surface area contributed by atoms with Crippen LogP contribution in [0, 0.1) is 23.7 Å². The predicted molar refractivity (Wildman–Crippen MR) is 117 cm³/mol. The van der Waals surface area contributed by atoms with Crippen LogP contribution in [-0.2, 0) is 0 Å². The average Bonchev–Trinajstić information content (AvgIpc) is 3.02. The summed E-state index contributed by atoms with van der Waals surface area (Å²) in [5.41, 5.74) is 5.00. The number of phenolic OH excluding ortho intramolecular Hbond substituents is 1. The van der Waals surface area contributed by atoms with Crippen molar-refractivity contribution < 1.29 is 5.11 Å². The van der Waals surface area contributed by atoms with E-state index in [2.05, 4.69) is 64.1 Å². The number of rotatable bonds is 4. The van der Waals surface area contributed by atoms with Crippen LogP contribution in [0.25, 0.3) is 0 Å². The molecule has 1 N–H and O–H groups in total. The van der Waals surface area contributed by atoms with Crippen molar-refractivity contribution in [2.75, 3.05) is 0 Å². The average molecular weight is 376 g/mol. The highest BCUT2D eigenvalue weighted by molar-refractivity contribution is 5.81. The fourth-order valence-electron chi connectivity index (χ4n) is 5.87. The molecule has 0 aromatic heterocycles. The molecule has 0 saturated heterocycles. The molecule has 4 atom stereocenters. The lowest BCUT2D eigenvalue weighted by atomic mass is 9.64. The number of hydrogen-bond donors (Lipinski definition) is 1. The molecule has 2 heteroatoms. The van der Waals surface area contributed by atoms with Crippen molar-refractivity contribution in [3.8, 4) is 5.75 Å². The number of aryl methyl sites for hydroxylation is 1. The van der Waals surface area contributed by atoms with Crippen LogP contribution in [0.5, 0.6) is 5.75 Å². The Labute approximate surface area is 169 Å². The molecular formula is C26H33NO. The maximum atomic E-state index is 10.9. The molecule has 2 aliphatic carbocycles. The Morgan fingerprint density at radius 2 is 1.86 bits per heavy atom. The Kier molecular flexibility index (Phi) is 4.64. The first-order chi connectivity index (χ1) is 13.2. The van der Waals surface area contributed by atoms with Crippen LogP contribution >= 0.6 is 0 Å². The van der Waals surface area contributed by atoms with Crippen LogP contribution in [0.3, 0.4) is 0 Å². The van der Waals surface area contributed by atoms with E-state index in [1.165, 1.54) is 24.8 Å². The first kappa shape index (κ1) is 19.2. The van der Waals surface area contributed by atoms with Gasteiger partial charge >= 0.3 is 0 Å². The third kappa shape index (κ3) is 2.89. The first-order valence-corrected chi connectivity index (χ1v) is 10.7. The van der Waals surface area contributed by atoms with Gasteiger partial charge in [-0.05, 0) is 90.2 Å². The minimum Gasteiger partial charge on any atom is -0.507 e. The van der Waals surface area contributed by atoms with Crippen LogP contribution in [0.15, 0.2) is 47.5 Å². The monoisotopic (exact) mass is 375 g/mol. The zero-order valence-corrected chi connectivity index (χ0v) is 17.9. The third-order valence-electron chi connectivity index (χ3n) is 8.25. The van der Waals surface area contributed by atoms with Gasteiger partial charge in [0.15, 0.2) is 0 Å². The number of nitrogens with zero attached hydrogens (tertiary/aromatic N) is 1. The van der Waals surface area contributed by atoms with Gasteiger partial charge in [0.1, 0.15) is 5.75 Å². The van der Waals surface area contributed by atoms with Gasteiger partial charge in [0.25, 0.3) is 0 Å². The number of aromatic hydroxyl groups is 1. The van der Waals surface area contributed by atoms with Crippen LogP contribution in [0.1, 0.15) is 81.2 Å². The lowest BCUT2D eigenvalue weighted by Crippen LogP contribution is -2.31. The standard InChI is InChI=1S/C26H33NO/c1-17-13-19(16-27-18(2)20-9-7-6-8-10-20)14-22(24(17)28)23-15-21-11-12-26(23,5)25(21,3)4/h6-10,13-14,16,18,21,23,28H,11-12,15H2,1-5H3/t18-,21+,23-,26-/m1/s1. The Morgan fingerprint density at radius 3 is 2.46 bits per heavy atom. The molecule has 2 aromatic rings. The summed E-state index contributed by atoms with van der Waals surface area (Å²) in [6.45, 7) is 11.4. The zero-order chi connectivity index (χ0) is 20.1. The van der Waals surface area contributed by atoms with Crippen molar-refractivity contribution in [2.45, 2.75) is 65.8 Å². The smallest absolute Gasteiger partial charge is 0.122 e. The van der Waals surface area contributed by atoms with E-state index >= 15 is 0 Å². The van der Waals surface area contributed by atoms with Gasteiger partial charge in [-0.1, -0.05) is 51.1 Å². The quantitative estimate of drug-likeness (QED) is 0.585. The molecule has 0 heterocycles. The maximum Gasteiger partial charge on any atom is 0.122 e. The molecule has 2 aromatic carbocycles. The molecule has 28 heavy (non-hydrogen) atoms. The molecule has 0 radical (unpaired) electrons. The van der Waals surface area contributed by atoms with Gasteiger partial charge in [0, 0.05) is 6.21 Å². The Bertz CT molecular complexity index is 898.